The van der Waals surface area contributed by atoms with Gasteiger partial charge in [0.1, 0.15) is 17.2 Å². The summed E-state index contributed by atoms with van der Waals surface area (Å²) in [5.74, 6) is -1.76. The highest BCUT2D eigenvalue weighted by Gasteiger charge is 2.63. The van der Waals surface area contributed by atoms with Crippen molar-refractivity contribution in [3.8, 4) is 0 Å². The molecule has 0 bridgehead atoms. The largest absolute Gasteiger partial charge is 0.465 e. The normalized spacial score (nSPS) is 21.7. The summed E-state index contributed by atoms with van der Waals surface area (Å²) >= 11 is 12.8. The van der Waals surface area contributed by atoms with Gasteiger partial charge in [0.25, 0.3) is 0 Å². The number of hydrogen-bond donors (Lipinski definition) is 1. The Morgan fingerprint density at radius 3 is 2.55 bits per heavy atom. The minimum Gasteiger partial charge on any atom is -0.465 e. The fraction of sp³-hybridized carbons (Fsp3) is 0.289. The Kier molecular flexibility index (Phi) is 8.96. The third-order valence-corrected chi connectivity index (χ3v) is 10.6. The second-order valence-corrected chi connectivity index (χ2v) is 13.7. The monoisotopic (exact) mass is 700 g/mol. The zero-order valence-electron chi connectivity index (χ0n) is 27.3. The summed E-state index contributed by atoms with van der Waals surface area (Å²) in [6.45, 7) is 3.35. The summed E-state index contributed by atoms with van der Waals surface area (Å²) in [5, 5.41) is 3.57. The summed E-state index contributed by atoms with van der Waals surface area (Å²) in [4.78, 5) is 34.7. The van der Waals surface area contributed by atoms with Crippen LogP contribution >= 0.6 is 23.2 Å². The summed E-state index contributed by atoms with van der Waals surface area (Å²) in [6.07, 6.45) is 0.665. The van der Waals surface area contributed by atoms with Crippen LogP contribution in [0.4, 0.5) is 10.1 Å². The van der Waals surface area contributed by atoms with E-state index in [9.17, 15) is 9.59 Å². The van der Waals surface area contributed by atoms with Crippen LogP contribution in [0.5, 0.6) is 0 Å². The first-order valence-electron chi connectivity index (χ1n) is 16.1. The summed E-state index contributed by atoms with van der Waals surface area (Å²) in [7, 11) is 2.99. The number of benzene rings is 4. The van der Waals surface area contributed by atoms with Crippen molar-refractivity contribution in [1.82, 2.24) is 14.5 Å². The van der Waals surface area contributed by atoms with E-state index >= 15 is 4.39 Å². The number of ether oxygens (including phenoxy) is 2. The van der Waals surface area contributed by atoms with E-state index in [1.54, 1.807) is 55.6 Å². The van der Waals surface area contributed by atoms with E-state index in [0.29, 0.717) is 53.5 Å². The molecule has 3 heterocycles. The Morgan fingerprint density at radius 1 is 1.00 bits per heavy atom. The van der Waals surface area contributed by atoms with Crippen molar-refractivity contribution in [3.63, 3.8) is 0 Å². The average molecular weight is 702 g/mol. The number of aryl methyl sites for hydroxylation is 1. The van der Waals surface area contributed by atoms with Gasteiger partial charge in [-0.05, 0) is 72.5 Å². The molecule has 7 rings (SSSR count). The van der Waals surface area contributed by atoms with Gasteiger partial charge in [0.2, 0.25) is 5.91 Å². The number of nitrogens with zero attached hydrogens (tertiary/aromatic N) is 3. The van der Waals surface area contributed by atoms with Crippen molar-refractivity contribution < 1.29 is 23.5 Å². The van der Waals surface area contributed by atoms with Crippen LogP contribution in [0, 0.1) is 5.82 Å². The topological polar surface area (TPSA) is 85.7 Å². The van der Waals surface area contributed by atoms with Crippen LogP contribution in [0.25, 0.3) is 11.0 Å². The molecule has 0 saturated carbocycles. The summed E-state index contributed by atoms with van der Waals surface area (Å²) < 4.78 is 28.9. The number of halogens is 3. The number of imidazole rings is 1. The number of hydrogen-bond acceptors (Lipinski definition) is 6. The van der Waals surface area contributed by atoms with E-state index in [2.05, 4.69) is 20.9 Å². The first kappa shape index (κ1) is 33.2. The standard InChI is InChI=1S/C38H35Cl2FN4O4/c1-38(37(47)42-26-10-5-9-25(39)19-26)33(27-11-6-12-28(40)34(27)41)32-31(45(38)20-22-7-4-8-23(17-22)21-48-2)15-16-44-30-14-13-24(36(46)49-3)18-29(30)43-35(32)44/h4-14,17-19,31-33H,15-16,20-21H2,1-3H3,(H,42,47)/t31-,32+,33-,38+/m0/s1. The van der Waals surface area contributed by atoms with Crippen LogP contribution in [0.15, 0.2) is 84.9 Å². The molecule has 8 nitrogen and oxygen atoms in total. The number of anilines is 1. The van der Waals surface area contributed by atoms with Crippen molar-refractivity contribution in [2.45, 2.75) is 56.5 Å². The lowest BCUT2D eigenvalue weighted by atomic mass is 9.73. The summed E-state index contributed by atoms with van der Waals surface area (Å²) in [5.41, 5.74) is 3.41. The van der Waals surface area contributed by atoms with Crippen LogP contribution in [0.2, 0.25) is 10.0 Å². The molecule has 4 atom stereocenters. The zero-order valence-corrected chi connectivity index (χ0v) is 28.8. The molecule has 2 aliphatic heterocycles. The number of likely N-dealkylation sites (tertiary alicyclic amines) is 1. The van der Waals surface area contributed by atoms with Gasteiger partial charge in [-0.15, -0.1) is 0 Å². The Bertz CT molecular complexity index is 2090. The Morgan fingerprint density at radius 2 is 1.78 bits per heavy atom. The molecule has 1 saturated heterocycles. The maximum Gasteiger partial charge on any atom is 0.337 e. The van der Waals surface area contributed by atoms with Crippen LogP contribution in [-0.2, 0) is 34.0 Å². The highest BCUT2D eigenvalue weighted by Crippen LogP contribution is 2.58. The van der Waals surface area contributed by atoms with Crippen LogP contribution in [-0.4, -0.2) is 52.1 Å². The van der Waals surface area contributed by atoms with Gasteiger partial charge >= 0.3 is 5.97 Å². The van der Waals surface area contributed by atoms with Gasteiger partial charge in [-0.1, -0.05) is 65.7 Å². The molecular formula is C38H35Cl2FN4O4. The Hall–Kier alpha value is -4.28. The molecule has 2 aliphatic rings. The molecule has 252 valence electrons. The highest BCUT2D eigenvalue weighted by atomic mass is 35.5. The molecule has 0 spiro atoms. The minimum atomic E-state index is -1.30. The van der Waals surface area contributed by atoms with Gasteiger partial charge in [-0.3, -0.25) is 9.69 Å². The molecule has 0 aliphatic carbocycles. The van der Waals surface area contributed by atoms with Crippen molar-refractivity contribution >= 4 is 51.8 Å². The number of aromatic nitrogens is 2. The van der Waals surface area contributed by atoms with E-state index < -0.39 is 29.2 Å². The second-order valence-electron chi connectivity index (χ2n) is 12.8. The number of rotatable bonds is 8. The SMILES string of the molecule is COCc1cccc(CN2[C@H]3CCn4c(nc5cc(C(=O)OC)ccc54)[C@H]3[C@H](c3cccc(Cl)c3F)[C@]2(C)C(=O)Nc2cccc(Cl)c2)c1. The molecule has 1 fully saturated rings. The number of esters is 1. The van der Waals surface area contributed by atoms with Crippen LogP contribution < -0.4 is 5.32 Å². The number of fused-ring (bicyclic) bond motifs is 5. The lowest BCUT2D eigenvalue weighted by Gasteiger charge is -2.40. The van der Waals surface area contributed by atoms with Crippen molar-refractivity contribution in [1.29, 1.82) is 0 Å². The van der Waals surface area contributed by atoms with Crippen molar-refractivity contribution in [2.75, 3.05) is 19.5 Å². The van der Waals surface area contributed by atoms with Crippen LogP contribution in [0.1, 0.15) is 58.1 Å². The van der Waals surface area contributed by atoms with Gasteiger partial charge in [-0.2, -0.15) is 0 Å². The fourth-order valence-electron chi connectivity index (χ4n) is 7.90. The third-order valence-electron chi connectivity index (χ3n) is 10.0. The van der Waals surface area contributed by atoms with E-state index in [1.807, 2.05) is 31.2 Å². The minimum absolute atomic E-state index is 0.0237. The molecule has 11 heteroatoms. The molecule has 4 aromatic carbocycles. The van der Waals surface area contributed by atoms with Crippen LogP contribution in [0.3, 0.4) is 0 Å². The predicted molar refractivity (Wildman–Crippen MR) is 188 cm³/mol. The smallest absolute Gasteiger partial charge is 0.337 e. The zero-order chi connectivity index (χ0) is 34.4. The van der Waals surface area contributed by atoms with E-state index in [1.165, 1.54) is 13.2 Å². The molecule has 5 aromatic rings. The van der Waals surface area contributed by atoms with Crippen molar-refractivity contribution in [3.05, 3.63) is 129 Å². The number of nitrogens with one attached hydrogen (secondary N) is 1. The van der Waals surface area contributed by atoms with Gasteiger partial charge in [0, 0.05) is 48.8 Å². The maximum atomic E-state index is 16.4. The van der Waals surface area contributed by atoms with E-state index in [4.69, 9.17) is 37.7 Å². The van der Waals surface area contributed by atoms with E-state index in [0.717, 1.165) is 22.5 Å². The molecule has 0 radical (unpaired) electrons. The number of carbonyl (C=O) groups excluding carboxylic acids is 2. The average Bonchev–Trinajstić information content (AvgIpc) is 3.59. The Balaban J connectivity index is 1.44. The van der Waals surface area contributed by atoms with Crippen molar-refractivity contribution in [2.24, 2.45) is 0 Å². The number of amides is 1. The fourth-order valence-corrected chi connectivity index (χ4v) is 8.28. The number of methoxy groups -OCH3 is 2. The lowest BCUT2D eigenvalue weighted by Crippen LogP contribution is -2.55. The van der Waals surface area contributed by atoms with Gasteiger partial charge in [-0.25, -0.2) is 14.2 Å². The highest BCUT2D eigenvalue weighted by molar-refractivity contribution is 6.31. The molecule has 49 heavy (non-hydrogen) atoms. The third kappa shape index (κ3) is 5.78. The maximum absolute atomic E-state index is 16.4. The molecule has 1 amide bonds. The predicted octanol–water partition coefficient (Wildman–Crippen LogP) is 7.97. The van der Waals surface area contributed by atoms with E-state index in [-0.39, 0.29) is 17.0 Å². The Labute approximate surface area is 293 Å². The quantitative estimate of drug-likeness (QED) is 0.165. The summed E-state index contributed by atoms with van der Waals surface area (Å²) in [6, 6.07) is 25.1. The first-order chi connectivity index (χ1) is 23.6. The van der Waals surface area contributed by atoms with Gasteiger partial charge < -0.3 is 19.4 Å². The molecule has 1 N–H and O–H groups in total. The van der Waals surface area contributed by atoms with Gasteiger partial charge in [0.15, 0.2) is 0 Å². The first-order valence-corrected chi connectivity index (χ1v) is 16.8. The molecule has 1 aromatic heterocycles. The van der Waals surface area contributed by atoms with Gasteiger partial charge in [0.05, 0.1) is 35.3 Å². The molecular weight excluding hydrogens is 666 g/mol. The molecule has 0 unspecified atom stereocenters. The number of carbonyl (C=O) groups is 2. The second kappa shape index (κ2) is 13.2. The lowest BCUT2D eigenvalue weighted by molar-refractivity contribution is -0.127.